The van der Waals surface area contributed by atoms with Crippen LogP contribution in [0.25, 0.3) is 0 Å². The van der Waals surface area contributed by atoms with Crippen LogP contribution in [0.1, 0.15) is 38.7 Å². The molecule has 2 rings (SSSR count). The maximum Gasteiger partial charge on any atom is 0.244 e. The largest absolute Gasteiger partial charge is 0.354 e. The molecule has 1 atom stereocenters. The standard InChI is InChI=1S/C24H32IN3O4S/c1-4-6-16-26-24(30)22(5-2)27(17-19-10-8-7-9-11-19)23(29)18-28(33(3,31)32)21-14-12-20(25)13-15-21/h7-15,22H,4-6,16-18H2,1-3H3,(H,26,30)/t22-/m1/s1. The predicted molar refractivity (Wildman–Crippen MR) is 140 cm³/mol. The molecule has 0 heterocycles. The van der Waals surface area contributed by atoms with Gasteiger partial charge in [-0.3, -0.25) is 13.9 Å². The lowest BCUT2D eigenvalue weighted by Gasteiger charge is -2.33. The van der Waals surface area contributed by atoms with Gasteiger partial charge in [-0.15, -0.1) is 0 Å². The lowest BCUT2D eigenvalue weighted by atomic mass is 10.1. The Balaban J connectivity index is 2.35. The molecule has 9 heteroatoms. The first-order valence-corrected chi connectivity index (χ1v) is 13.9. The molecule has 2 aromatic rings. The fourth-order valence-corrected chi connectivity index (χ4v) is 4.64. The van der Waals surface area contributed by atoms with E-state index in [0.717, 1.165) is 32.5 Å². The summed E-state index contributed by atoms with van der Waals surface area (Å²) in [5, 5.41) is 2.91. The molecule has 1 N–H and O–H groups in total. The zero-order chi connectivity index (χ0) is 24.4. The average Bonchev–Trinajstić information content (AvgIpc) is 2.78. The van der Waals surface area contributed by atoms with Crippen LogP contribution in [0.4, 0.5) is 5.69 Å². The van der Waals surface area contributed by atoms with Gasteiger partial charge in [0.1, 0.15) is 12.6 Å². The minimum absolute atomic E-state index is 0.212. The highest BCUT2D eigenvalue weighted by molar-refractivity contribution is 14.1. The van der Waals surface area contributed by atoms with Gasteiger partial charge in [-0.1, -0.05) is 50.6 Å². The van der Waals surface area contributed by atoms with Crippen molar-refractivity contribution in [3.05, 3.63) is 63.7 Å². The van der Waals surface area contributed by atoms with Gasteiger partial charge in [0.25, 0.3) is 0 Å². The highest BCUT2D eigenvalue weighted by Gasteiger charge is 2.31. The molecule has 180 valence electrons. The van der Waals surface area contributed by atoms with E-state index in [2.05, 4.69) is 27.9 Å². The first-order valence-electron chi connectivity index (χ1n) is 11.0. The number of rotatable bonds is 12. The molecule has 0 unspecified atom stereocenters. The number of nitrogens with zero attached hydrogens (tertiary/aromatic N) is 2. The van der Waals surface area contributed by atoms with E-state index in [1.807, 2.05) is 44.2 Å². The topological polar surface area (TPSA) is 86.8 Å². The van der Waals surface area contributed by atoms with Gasteiger partial charge in [0, 0.05) is 16.7 Å². The summed E-state index contributed by atoms with van der Waals surface area (Å²) in [6.07, 6.45) is 3.29. The van der Waals surface area contributed by atoms with Crippen LogP contribution in [0.5, 0.6) is 0 Å². The normalized spacial score (nSPS) is 12.1. The maximum absolute atomic E-state index is 13.5. The van der Waals surface area contributed by atoms with Gasteiger partial charge in [-0.2, -0.15) is 0 Å². The van der Waals surface area contributed by atoms with Crippen LogP contribution < -0.4 is 9.62 Å². The van der Waals surface area contributed by atoms with Gasteiger partial charge >= 0.3 is 0 Å². The molecule has 2 aromatic carbocycles. The Morgan fingerprint density at radius 1 is 1.03 bits per heavy atom. The third-order valence-electron chi connectivity index (χ3n) is 5.21. The lowest BCUT2D eigenvalue weighted by molar-refractivity contribution is -0.140. The van der Waals surface area contributed by atoms with E-state index in [1.165, 1.54) is 4.90 Å². The van der Waals surface area contributed by atoms with E-state index in [1.54, 1.807) is 24.3 Å². The van der Waals surface area contributed by atoms with Crippen molar-refractivity contribution in [1.29, 1.82) is 0 Å². The van der Waals surface area contributed by atoms with Gasteiger partial charge in [0.2, 0.25) is 21.8 Å². The molecule has 0 aliphatic rings. The van der Waals surface area contributed by atoms with Gasteiger partial charge in [0.05, 0.1) is 11.9 Å². The number of halogens is 1. The molecule has 33 heavy (non-hydrogen) atoms. The van der Waals surface area contributed by atoms with Crippen molar-refractivity contribution in [3.63, 3.8) is 0 Å². The number of amides is 2. The zero-order valence-corrected chi connectivity index (χ0v) is 22.3. The SMILES string of the molecule is CCCCNC(=O)[C@@H](CC)N(Cc1ccccc1)C(=O)CN(c1ccc(I)cc1)S(C)(=O)=O. The summed E-state index contributed by atoms with van der Waals surface area (Å²) in [5.41, 5.74) is 1.28. The minimum atomic E-state index is -3.72. The molecule has 0 aliphatic heterocycles. The van der Waals surface area contributed by atoms with E-state index in [0.29, 0.717) is 18.7 Å². The van der Waals surface area contributed by atoms with Crippen molar-refractivity contribution in [2.75, 3.05) is 23.7 Å². The number of hydrogen-bond acceptors (Lipinski definition) is 4. The number of unbranched alkanes of at least 4 members (excludes halogenated alkanes) is 1. The number of sulfonamides is 1. The Hall–Kier alpha value is -2.14. The molecule has 0 aromatic heterocycles. The molecule has 0 bridgehead atoms. The first-order chi connectivity index (χ1) is 15.7. The summed E-state index contributed by atoms with van der Waals surface area (Å²) in [7, 11) is -3.72. The first kappa shape index (κ1) is 27.1. The quantitative estimate of drug-likeness (QED) is 0.304. The summed E-state index contributed by atoms with van der Waals surface area (Å²) >= 11 is 2.14. The number of carbonyl (C=O) groups is 2. The van der Waals surface area contributed by atoms with Crippen LogP contribution in [0.2, 0.25) is 0 Å². The second-order valence-corrected chi connectivity index (χ2v) is 11.0. The van der Waals surface area contributed by atoms with Crippen molar-refractivity contribution >= 4 is 50.1 Å². The van der Waals surface area contributed by atoms with Crippen molar-refractivity contribution < 1.29 is 18.0 Å². The third-order valence-corrected chi connectivity index (χ3v) is 7.06. The van der Waals surface area contributed by atoms with Crippen molar-refractivity contribution in [2.45, 2.75) is 45.7 Å². The van der Waals surface area contributed by atoms with Crippen molar-refractivity contribution in [1.82, 2.24) is 10.2 Å². The number of benzene rings is 2. The van der Waals surface area contributed by atoms with Crippen LogP contribution in [0.3, 0.4) is 0 Å². The van der Waals surface area contributed by atoms with Crippen LogP contribution in [-0.4, -0.2) is 50.5 Å². The monoisotopic (exact) mass is 585 g/mol. The van der Waals surface area contributed by atoms with Gasteiger partial charge < -0.3 is 10.2 Å². The smallest absolute Gasteiger partial charge is 0.244 e. The molecule has 0 saturated heterocycles. The Morgan fingerprint density at radius 2 is 1.67 bits per heavy atom. The van der Waals surface area contributed by atoms with Gasteiger partial charge in [0.15, 0.2) is 0 Å². The molecular formula is C24H32IN3O4S. The summed E-state index contributed by atoms with van der Waals surface area (Å²) in [4.78, 5) is 27.9. The summed E-state index contributed by atoms with van der Waals surface area (Å²) in [6, 6.07) is 15.6. The van der Waals surface area contributed by atoms with E-state index < -0.39 is 22.0 Å². The van der Waals surface area contributed by atoms with Crippen LogP contribution in [0, 0.1) is 3.57 Å². The summed E-state index contributed by atoms with van der Waals surface area (Å²) in [6.45, 7) is 4.26. The van der Waals surface area contributed by atoms with Gasteiger partial charge in [-0.25, -0.2) is 8.42 Å². The van der Waals surface area contributed by atoms with Crippen molar-refractivity contribution in [2.24, 2.45) is 0 Å². The molecular weight excluding hydrogens is 553 g/mol. The molecule has 0 radical (unpaired) electrons. The third kappa shape index (κ3) is 8.29. The van der Waals surface area contributed by atoms with E-state index >= 15 is 0 Å². The van der Waals surface area contributed by atoms with E-state index in [4.69, 9.17) is 0 Å². The van der Waals surface area contributed by atoms with Crippen molar-refractivity contribution in [3.8, 4) is 0 Å². The number of nitrogens with one attached hydrogen (secondary N) is 1. The average molecular weight is 586 g/mol. The number of hydrogen-bond donors (Lipinski definition) is 1. The van der Waals surface area contributed by atoms with E-state index in [-0.39, 0.29) is 19.0 Å². The van der Waals surface area contributed by atoms with Crippen LogP contribution >= 0.6 is 22.6 Å². The molecule has 7 nitrogen and oxygen atoms in total. The lowest BCUT2D eigenvalue weighted by Crippen LogP contribution is -2.52. The van der Waals surface area contributed by atoms with Crippen LogP contribution in [-0.2, 0) is 26.2 Å². The number of anilines is 1. The second-order valence-electron chi connectivity index (χ2n) is 7.82. The number of carbonyl (C=O) groups excluding carboxylic acids is 2. The Bertz CT molecular complexity index is 1010. The van der Waals surface area contributed by atoms with Gasteiger partial charge in [-0.05, 0) is 65.3 Å². The Labute approximate surface area is 210 Å². The molecule has 2 amide bonds. The second kappa shape index (κ2) is 12.9. The van der Waals surface area contributed by atoms with Crippen LogP contribution in [0.15, 0.2) is 54.6 Å². The minimum Gasteiger partial charge on any atom is -0.354 e. The fourth-order valence-electron chi connectivity index (χ4n) is 3.43. The molecule has 0 aliphatic carbocycles. The molecule has 0 saturated carbocycles. The molecule has 0 fully saturated rings. The maximum atomic E-state index is 13.5. The fraction of sp³-hybridized carbons (Fsp3) is 0.417. The van der Waals surface area contributed by atoms with E-state index in [9.17, 15) is 18.0 Å². The summed E-state index contributed by atoms with van der Waals surface area (Å²) < 4.78 is 27.2. The molecule has 0 spiro atoms. The Morgan fingerprint density at radius 3 is 2.21 bits per heavy atom. The summed E-state index contributed by atoms with van der Waals surface area (Å²) in [5.74, 6) is -0.657. The predicted octanol–water partition coefficient (Wildman–Crippen LogP) is 3.78. The zero-order valence-electron chi connectivity index (χ0n) is 19.3. The highest BCUT2D eigenvalue weighted by Crippen LogP contribution is 2.21. The Kier molecular flexibility index (Phi) is 10.6. The highest BCUT2D eigenvalue weighted by atomic mass is 127.